The monoisotopic (exact) mass is 375 g/mol. The summed E-state index contributed by atoms with van der Waals surface area (Å²) >= 11 is 1.88. The van der Waals surface area contributed by atoms with Crippen molar-refractivity contribution < 1.29 is 4.42 Å². The molecule has 4 rings (SSSR count). The average molecular weight is 375 g/mol. The third-order valence-electron chi connectivity index (χ3n) is 5.22. The smallest absolute Gasteiger partial charge is 0.267 e. The topological polar surface area (TPSA) is 67.4 Å². The number of piperazine rings is 1. The molecule has 0 atom stereocenters. The predicted molar refractivity (Wildman–Crippen MR) is 101 cm³/mol. The number of hydrogen-bond donors (Lipinski definition) is 0. The molecule has 2 aromatic heterocycles. The summed E-state index contributed by atoms with van der Waals surface area (Å²) in [5, 5.41) is 4.61. The molecule has 2 aliphatic rings. The van der Waals surface area contributed by atoms with Gasteiger partial charge in [0.05, 0.1) is 17.9 Å². The number of rotatable bonds is 5. The van der Waals surface area contributed by atoms with Gasteiger partial charge in [0.1, 0.15) is 5.76 Å². The van der Waals surface area contributed by atoms with E-state index in [-0.39, 0.29) is 5.56 Å². The fraction of sp³-hybridized carbons (Fsp3) is 0.611. The highest BCUT2D eigenvalue weighted by Gasteiger charge is 2.19. The Morgan fingerprint density at radius 1 is 1.19 bits per heavy atom. The second-order valence-corrected chi connectivity index (χ2v) is 8.06. The van der Waals surface area contributed by atoms with Crippen molar-refractivity contribution in [2.45, 2.75) is 32.2 Å². The third-order valence-corrected chi connectivity index (χ3v) is 6.22. The van der Waals surface area contributed by atoms with Gasteiger partial charge in [-0.25, -0.2) is 9.67 Å². The normalized spacial score (nSPS) is 18.8. The lowest BCUT2D eigenvalue weighted by atomic mass is 10.2. The highest BCUT2D eigenvalue weighted by atomic mass is 32.2. The maximum absolute atomic E-state index is 12.3. The zero-order valence-electron chi connectivity index (χ0n) is 15.2. The molecule has 1 saturated heterocycles. The van der Waals surface area contributed by atoms with Gasteiger partial charge in [-0.05, 0) is 18.2 Å². The second-order valence-electron chi connectivity index (χ2n) is 6.95. The zero-order valence-corrected chi connectivity index (χ0v) is 16.0. The maximum Gasteiger partial charge on any atom is 0.267 e. The van der Waals surface area contributed by atoms with Crippen molar-refractivity contribution in [2.75, 3.05) is 38.5 Å². The molecule has 0 aromatic carbocycles. The summed E-state index contributed by atoms with van der Waals surface area (Å²) in [6, 6.07) is 1.78. The predicted octanol–water partition coefficient (Wildman–Crippen LogP) is 1.15. The van der Waals surface area contributed by atoms with Crippen molar-refractivity contribution in [1.29, 1.82) is 0 Å². The lowest BCUT2D eigenvalue weighted by Gasteiger charge is -2.34. The minimum atomic E-state index is 0.0337. The number of aromatic nitrogens is 3. The molecule has 2 aromatic rings. The first-order valence-corrected chi connectivity index (χ1v) is 10.4. The molecule has 0 spiro atoms. The van der Waals surface area contributed by atoms with E-state index in [1.54, 1.807) is 10.7 Å². The van der Waals surface area contributed by atoms with E-state index in [4.69, 9.17) is 4.42 Å². The molecule has 0 unspecified atom stereocenters. The summed E-state index contributed by atoms with van der Waals surface area (Å²) in [7, 11) is 0. The number of nitrogens with zero attached hydrogens (tertiary/aromatic N) is 5. The van der Waals surface area contributed by atoms with Crippen LogP contribution in [0.25, 0.3) is 0 Å². The number of oxazole rings is 1. The molecule has 0 amide bonds. The van der Waals surface area contributed by atoms with E-state index in [0.29, 0.717) is 6.54 Å². The van der Waals surface area contributed by atoms with Crippen LogP contribution in [0.3, 0.4) is 0 Å². The van der Waals surface area contributed by atoms with Crippen LogP contribution < -0.4 is 5.56 Å². The first-order valence-electron chi connectivity index (χ1n) is 9.20. The fourth-order valence-electron chi connectivity index (χ4n) is 3.51. The first-order chi connectivity index (χ1) is 12.7. The first kappa shape index (κ1) is 17.8. The van der Waals surface area contributed by atoms with Gasteiger partial charge in [0.15, 0.2) is 6.39 Å². The molecular formula is C18H25N5O2S. The Kier molecular flexibility index (Phi) is 5.42. The molecule has 2 aliphatic heterocycles. The van der Waals surface area contributed by atoms with Crippen LogP contribution in [0.1, 0.15) is 22.7 Å². The van der Waals surface area contributed by atoms with Crippen LogP contribution in [0.2, 0.25) is 0 Å². The maximum atomic E-state index is 12.3. The van der Waals surface area contributed by atoms with Crippen LogP contribution in [0.15, 0.2) is 21.7 Å². The molecule has 26 heavy (non-hydrogen) atoms. The van der Waals surface area contributed by atoms with E-state index in [2.05, 4.69) is 19.9 Å². The molecule has 0 radical (unpaired) electrons. The largest absolute Gasteiger partial charge is 0.448 e. The van der Waals surface area contributed by atoms with Crippen LogP contribution >= 0.6 is 11.8 Å². The van der Waals surface area contributed by atoms with Gasteiger partial charge >= 0.3 is 0 Å². The molecule has 0 saturated carbocycles. The highest BCUT2D eigenvalue weighted by molar-refractivity contribution is 7.98. The van der Waals surface area contributed by atoms with Gasteiger partial charge in [0.25, 0.3) is 5.56 Å². The van der Waals surface area contributed by atoms with Crippen molar-refractivity contribution >= 4 is 11.8 Å². The van der Waals surface area contributed by atoms with Crippen molar-refractivity contribution in [3.05, 3.63) is 45.5 Å². The SMILES string of the molecule is Cc1ocnc1CN1CCN(CCn2nc3c(cc2=O)CSCC3)CC1. The number of thioether (sulfide) groups is 1. The van der Waals surface area contributed by atoms with Gasteiger partial charge in [-0.1, -0.05) is 0 Å². The molecular weight excluding hydrogens is 350 g/mol. The zero-order chi connectivity index (χ0) is 17.9. The average Bonchev–Trinajstić information content (AvgIpc) is 3.06. The van der Waals surface area contributed by atoms with Crippen LogP contribution in [0.4, 0.5) is 0 Å². The van der Waals surface area contributed by atoms with Gasteiger partial charge in [-0.15, -0.1) is 0 Å². The van der Waals surface area contributed by atoms with E-state index >= 15 is 0 Å². The van der Waals surface area contributed by atoms with Crippen molar-refractivity contribution in [2.24, 2.45) is 0 Å². The Hall–Kier alpha value is -1.64. The molecule has 7 nitrogen and oxygen atoms in total. The van der Waals surface area contributed by atoms with Crippen LogP contribution in [0, 0.1) is 6.92 Å². The van der Waals surface area contributed by atoms with E-state index < -0.39 is 0 Å². The Labute approximate surface area is 157 Å². The summed E-state index contributed by atoms with van der Waals surface area (Å²) in [6.07, 6.45) is 2.49. The number of fused-ring (bicyclic) bond motifs is 1. The van der Waals surface area contributed by atoms with Crippen LogP contribution in [-0.2, 0) is 25.3 Å². The molecule has 0 aliphatic carbocycles. The fourth-order valence-corrected chi connectivity index (χ4v) is 4.46. The number of hydrogen-bond acceptors (Lipinski definition) is 7. The third kappa shape index (κ3) is 4.02. The molecule has 0 N–H and O–H groups in total. The summed E-state index contributed by atoms with van der Waals surface area (Å²) in [5.74, 6) is 2.93. The van der Waals surface area contributed by atoms with Gasteiger partial charge in [0.2, 0.25) is 0 Å². The molecule has 1 fully saturated rings. The van der Waals surface area contributed by atoms with E-state index in [0.717, 1.165) is 79.9 Å². The minimum absolute atomic E-state index is 0.0337. The van der Waals surface area contributed by atoms with E-state index in [1.165, 1.54) is 6.39 Å². The van der Waals surface area contributed by atoms with Gasteiger partial charge in [-0.2, -0.15) is 16.9 Å². The summed E-state index contributed by atoms with van der Waals surface area (Å²) in [5.41, 5.74) is 3.29. The summed E-state index contributed by atoms with van der Waals surface area (Å²) < 4.78 is 6.93. The summed E-state index contributed by atoms with van der Waals surface area (Å²) in [4.78, 5) is 21.4. The van der Waals surface area contributed by atoms with Crippen molar-refractivity contribution in [1.82, 2.24) is 24.6 Å². The lowest BCUT2D eigenvalue weighted by Crippen LogP contribution is -2.47. The van der Waals surface area contributed by atoms with Gasteiger partial charge in [0, 0.05) is 57.5 Å². The Morgan fingerprint density at radius 3 is 2.77 bits per heavy atom. The second kappa shape index (κ2) is 7.94. The standard InChI is InChI=1S/C18H25N5O2S/c1-14-17(19-13-25-14)11-22-5-3-21(4-6-22)7-8-23-18(24)10-15-12-26-9-2-16(15)20-23/h10,13H,2-9,11-12H2,1H3. The van der Waals surface area contributed by atoms with Gasteiger partial charge < -0.3 is 4.42 Å². The Morgan fingerprint density at radius 2 is 2.00 bits per heavy atom. The quantitative estimate of drug-likeness (QED) is 0.776. The highest BCUT2D eigenvalue weighted by Crippen LogP contribution is 2.21. The number of aryl methyl sites for hydroxylation is 2. The Bertz CT molecular complexity index is 810. The Balaban J connectivity index is 1.29. The molecule has 4 heterocycles. The van der Waals surface area contributed by atoms with E-state index in [9.17, 15) is 4.79 Å². The van der Waals surface area contributed by atoms with Crippen LogP contribution in [0.5, 0.6) is 0 Å². The molecule has 0 bridgehead atoms. The van der Waals surface area contributed by atoms with Gasteiger partial charge in [-0.3, -0.25) is 14.6 Å². The molecule has 8 heteroatoms. The van der Waals surface area contributed by atoms with Crippen LogP contribution in [-0.4, -0.2) is 63.0 Å². The van der Waals surface area contributed by atoms with E-state index in [1.807, 2.05) is 18.7 Å². The molecule has 140 valence electrons. The lowest BCUT2D eigenvalue weighted by molar-refractivity contribution is 0.121. The van der Waals surface area contributed by atoms with Crippen molar-refractivity contribution in [3.63, 3.8) is 0 Å². The van der Waals surface area contributed by atoms with Crippen molar-refractivity contribution in [3.8, 4) is 0 Å². The minimum Gasteiger partial charge on any atom is -0.448 e. The summed E-state index contributed by atoms with van der Waals surface area (Å²) in [6.45, 7) is 8.38.